The lowest BCUT2D eigenvalue weighted by Gasteiger charge is -2.17. The van der Waals surface area contributed by atoms with Gasteiger partial charge in [0.05, 0.1) is 6.20 Å². The number of hydrogen-bond donors (Lipinski definition) is 0. The van der Waals surface area contributed by atoms with E-state index < -0.39 is 0 Å². The minimum Gasteiger partial charge on any atom is -0.260 e. The van der Waals surface area contributed by atoms with Crippen LogP contribution in [0, 0.1) is 0 Å². The molecule has 0 aliphatic carbocycles. The van der Waals surface area contributed by atoms with Crippen LogP contribution in [0.1, 0.15) is 26.6 Å². The summed E-state index contributed by atoms with van der Waals surface area (Å²) in [6, 6.07) is 1.88. The highest BCUT2D eigenvalue weighted by atomic mass is 79.9. The summed E-state index contributed by atoms with van der Waals surface area (Å²) in [5, 5.41) is 1.69. The van der Waals surface area contributed by atoms with E-state index in [-0.39, 0.29) is 5.41 Å². The molecule has 0 radical (unpaired) electrons. The molecule has 2 rings (SSSR count). The monoisotopic (exact) mass is 324 g/mol. The van der Waals surface area contributed by atoms with Gasteiger partial charge in [0, 0.05) is 23.9 Å². The zero-order valence-corrected chi connectivity index (χ0v) is 12.8. The van der Waals surface area contributed by atoms with E-state index in [1.165, 1.54) is 11.8 Å². The highest BCUT2D eigenvalue weighted by Crippen LogP contribution is 2.28. The largest absolute Gasteiger partial charge is 0.260 e. The number of halogens is 1. The molecule has 0 atom stereocenters. The molecule has 18 heavy (non-hydrogen) atoms. The summed E-state index contributed by atoms with van der Waals surface area (Å²) in [5.74, 6) is 0.809. The van der Waals surface area contributed by atoms with Gasteiger partial charge in [0.2, 0.25) is 0 Å². The highest BCUT2D eigenvalue weighted by molar-refractivity contribution is 9.10. The van der Waals surface area contributed by atoms with Crippen molar-refractivity contribution in [3.05, 3.63) is 35.1 Å². The molecule has 0 saturated heterocycles. The number of nitrogens with zero attached hydrogens (tertiary/aromatic N) is 4. The predicted molar refractivity (Wildman–Crippen MR) is 74.6 cm³/mol. The van der Waals surface area contributed by atoms with Gasteiger partial charge in [0.1, 0.15) is 20.5 Å². The molecular formula is C12H13BrN4S. The molecule has 0 amide bonds. The van der Waals surface area contributed by atoms with Gasteiger partial charge in [-0.05, 0) is 27.7 Å². The zero-order chi connectivity index (χ0) is 13.2. The molecule has 0 N–H and O–H groups in total. The second-order valence-electron chi connectivity index (χ2n) is 4.75. The summed E-state index contributed by atoms with van der Waals surface area (Å²) in [6.45, 7) is 6.27. The molecule has 0 aliphatic rings. The number of hydrogen-bond acceptors (Lipinski definition) is 5. The molecule has 0 bridgehead atoms. The third-order valence-electron chi connectivity index (χ3n) is 2.09. The fourth-order valence-corrected chi connectivity index (χ4v) is 2.51. The van der Waals surface area contributed by atoms with Crippen LogP contribution in [0.3, 0.4) is 0 Å². The molecule has 94 valence electrons. The standard InChI is InChI=1S/C12H13BrN4S/c1-12(2,3)11-16-8(13)6-9(17-11)18-10-7-14-4-5-15-10/h4-7H,1-3H3. The van der Waals surface area contributed by atoms with Crippen LogP contribution in [0.2, 0.25) is 0 Å². The first kappa shape index (κ1) is 13.4. The van der Waals surface area contributed by atoms with E-state index in [2.05, 4.69) is 56.6 Å². The normalized spacial score (nSPS) is 11.6. The van der Waals surface area contributed by atoms with Crippen molar-refractivity contribution in [1.82, 2.24) is 19.9 Å². The SMILES string of the molecule is CC(C)(C)c1nc(Br)cc(Sc2cnccn2)n1. The first-order chi connectivity index (χ1) is 8.45. The van der Waals surface area contributed by atoms with Crippen LogP contribution in [0.25, 0.3) is 0 Å². The Labute approximate surface area is 119 Å². The van der Waals surface area contributed by atoms with E-state index in [0.717, 1.165) is 20.5 Å². The molecule has 0 spiro atoms. The van der Waals surface area contributed by atoms with Crippen molar-refractivity contribution in [2.45, 2.75) is 36.2 Å². The second kappa shape index (κ2) is 5.32. The Balaban J connectivity index is 2.32. The van der Waals surface area contributed by atoms with Crippen LogP contribution in [0.15, 0.2) is 39.3 Å². The molecule has 2 heterocycles. The Morgan fingerprint density at radius 2 is 1.89 bits per heavy atom. The van der Waals surface area contributed by atoms with Gasteiger partial charge in [0.15, 0.2) is 0 Å². The summed E-state index contributed by atoms with van der Waals surface area (Å²) in [7, 11) is 0. The average molecular weight is 325 g/mol. The Kier molecular flexibility index (Phi) is 3.97. The number of aromatic nitrogens is 4. The Bertz CT molecular complexity index is 540. The van der Waals surface area contributed by atoms with Gasteiger partial charge in [-0.25, -0.2) is 15.0 Å². The molecule has 2 aromatic rings. The molecule has 0 aliphatic heterocycles. The summed E-state index contributed by atoms with van der Waals surface area (Å²) in [6.07, 6.45) is 5.04. The van der Waals surface area contributed by atoms with Gasteiger partial charge in [0.25, 0.3) is 0 Å². The lowest BCUT2D eigenvalue weighted by atomic mass is 9.96. The van der Waals surface area contributed by atoms with Gasteiger partial charge in [-0.1, -0.05) is 20.8 Å². The smallest absolute Gasteiger partial charge is 0.136 e. The van der Waals surface area contributed by atoms with Gasteiger partial charge in [-0.3, -0.25) is 4.98 Å². The van der Waals surface area contributed by atoms with E-state index in [9.17, 15) is 0 Å². The van der Waals surface area contributed by atoms with Crippen LogP contribution in [-0.2, 0) is 5.41 Å². The maximum Gasteiger partial charge on any atom is 0.136 e. The average Bonchev–Trinajstić information content (AvgIpc) is 2.28. The molecular weight excluding hydrogens is 312 g/mol. The molecule has 0 fully saturated rings. The van der Waals surface area contributed by atoms with Gasteiger partial charge in [-0.15, -0.1) is 0 Å². The van der Waals surface area contributed by atoms with Crippen molar-refractivity contribution < 1.29 is 0 Å². The van der Waals surface area contributed by atoms with Crippen LogP contribution in [0.5, 0.6) is 0 Å². The second-order valence-corrected chi connectivity index (χ2v) is 6.60. The van der Waals surface area contributed by atoms with Gasteiger partial charge < -0.3 is 0 Å². The van der Waals surface area contributed by atoms with Gasteiger partial charge >= 0.3 is 0 Å². The van der Waals surface area contributed by atoms with E-state index in [0.29, 0.717) is 0 Å². The summed E-state index contributed by atoms with van der Waals surface area (Å²) < 4.78 is 0.786. The molecule has 0 unspecified atom stereocenters. The van der Waals surface area contributed by atoms with Gasteiger partial charge in [-0.2, -0.15) is 0 Å². The third kappa shape index (κ3) is 3.49. The molecule has 6 heteroatoms. The quantitative estimate of drug-likeness (QED) is 0.791. The number of rotatable bonds is 2. The van der Waals surface area contributed by atoms with Crippen LogP contribution < -0.4 is 0 Å². The maximum atomic E-state index is 4.55. The molecule has 0 saturated carbocycles. The Morgan fingerprint density at radius 1 is 1.11 bits per heavy atom. The zero-order valence-electron chi connectivity index (χ0n) is 10.4. The van der Waals surface area contributed by atoms with Crippen molar-refractivity contribution in [3.63, 3.8) is 0 Å². The van der Waals surface area contributed by atoms with Crippen molar-refractivity contribution in [1.29, 1.82) is 0 Å². The van der Waals surface area contributed by atoms with Crippen molar-refractivity contribution in [2.75, 3.05) is 0 Å². The van der Waals surface area contributed by atoms with Crippen LogP contribution >= 0.6 is 27.7 Å². The topological polar surface area (TPSA) is 51.6 Å². The maximum absolute atomic E-state index is 4.55. The van der Waals surface area contributed by atoms with Crippen LogP contribution in [-0.4, -0.2) is 19.9 Å². The fourth-order valence-electron chi connectivity index (χ4n) is 1.23. The van der Waals surface area contributed by atoms with E-state index in [4.69, 9.17) is 0 Å². The molecule has 2 aromatic heterocycles. The molecule has 4 nitrogen and oxygen atoms in total. The van der Waals surface area contributed by atoms with Crippen molar-refractivity contribution in [2.24, 2.45) is 0 Å². The van der Waals surface area contributed by atoms with Crippen molar-refractivity contribution >= 4 is 27.7 Å². The highest BCUT2D eigenvalue weighted by Gasteiger charge is 2.19. The van der Waals surface area contributed by atoms with Crippen LogP contribution in [0.4, 0.5) is 0 Å². The lowest BCUT2D eigenvalue weighted by Crippen LogP contribution is -2.16. The lowest BCUT2D eigenvalue weighted by molar-refractivity contribution is 0.536. The minimum absolute atomic E-state index is 0.0819. The predicted octanol–water partition coefficient (Wildman–Crippen LogP) is 3.48. The van der Waals surface area contributed by atoms with E-state index in [1.54, 1.807) is 18.6 Å². The Hall–Kier alpha value is -1.01. The summed E-state index contributed by atoms with van der Waals surface area (Å²) in [4.78, 5) is 17.2. The third-order valence-corrected chi connectivity index (χ3v) is 3.34. The minimum atomic E-state index is -0.0819. The Morgan fingerprint density at radius 3 is 2.50 bits per heavy atom. The molecule has 0 aromatic carbocycles. The van der Waals surface area contributed by atoms with E-state index >= 15 is 0 Å². The van der Waals surface area contributed by atoms with Crippen molar-refractivity contribution in [3.8, 4) is 0 Å². The first-order valence-electron chi connectivity index (χ1n) is 5.44. The summed E-state index contributed by atoms with van der Waals surface area (Å²) >= 11 is 4.90. The summed E-state index contributed by atoms with van der Waals surface area (Å²) in [5.41, 5.74) is -0.0819. The fraction of sp³-hybridized carbons (Fsp3) is 0.333. The van der Waals surface area contributed by atoms with E-state index in [1.807, 2.05) is 6.07 Å². The first-order valence-corrected chi connectivity index (χ1v) is 7.05.